The third-order valence-corrected chi connectivity index (χ3v) is 5.68. The van der Waals surface area contributed by atoms with Crippen molar-refractivity contribution in [3.8, 4) is 0 Å². The number of likely N-dealkylation sites (tertiary alicyclic amines) is 1. The summed E-state index contributed by atoms with van der Waals surface area (Å²) in [6.07, 6.45) is 3.60. The van der Waals surface area contributed by atoms with Crippen molar-refractivity contribution in [1.29, 1.82) is 0 Å². The number of nitrogens with zero attached hydrogens (tertiary/aromatic N) is 1. The van der Waals surface area contributed by atoms with E-state index in [9.17, 15) is 4.79 Å². The number of halogens is 1. The van der Waals surface area contributed by atoms with Gasteiger partial charge in [-0.15, -0.1) is 0 Å². The molecule has 0 bridgehead atoms. The van der Waals surface area contributed by atoms with E-state index in [1.807, 2.05) is 35.2 Å². The molecule has 0 saturated carbocycles. The van der Waals surface area contributed by atoms with Crippen molar-refractivity contribution in [3.05, 3.63) is 70.3 Å². The van der Waals surface area contributed by atoms with Gasteiger partial charge in [0.15, 0.2) is 0 Å². The molecule has 0 radical (unpaired) electrons. The Kier molecular flexibility index (Phi) is 4.15. The molecule has 24 heavy (non-hydrogen) atoms. The fourth-order valence-corrected chi connectivity index (χ4v) is 4.01. The molecule has 1 aromatic heterocycles. The van der Waals surface area contributed by atoms with Crippen LogP contribution in [0.1, 0.15) is 23.5 Å². The second-order valence-corrected chi connectivity index (χ2v) is 7.24. The molecule has 4 heteroatoms. The third-order valence-electron chi connectivity index (χ3n) is 4.90. The first kappa shape index (κ1) is 15.5. The van der Waals surface area contributed by atoms with Crippen molar-refractivity contribution < 1.29 is 4.79 Å². The predicted octanol–water partition coefficient (Wildman–Crippen LogP) is 4.49. The molecule has 0 spiro atoms. The van der Waals surface area contributed by atoms with Crippen LogP contribution >= 0.6 is 15.9 Å². The van der Waals surface area contributed by atoms with Gasteiger partial charge < -0.3 is 9.88 Å². The summed E-state index contributed by atoms with van der Waals surface area (Å²) >= 11 is 3.53. The maximum atomic E-state index is 12.6. The lowest BCUT2D eigenvalue weighted by atomic mass is 9.98. The first-order valence-electron chi connectivity index (χ1n) is 8.29. The van der Waals surface area contributed by atoms with E-state index in [-0.39, 0.29) is 5.91 Å². The summed E-state index contributed by atoms with van der Waals surface area (Å²) in [6.45, 7) is 1.65. The molecule has 1 fully saturated rings. The second kappa shape index (κ2) is 6.44. The number of aromatic nitrogens is 1. The van der Waals surface area contributed by atoms with Gasteiger partial charge in [0.2, 0.25) is 5.91 Å². The Balaban J connectivity index is 1.48. The second-order valence-electron chi connectivity index (χ2n) is 6.38. The molecule has 1 N–H and O–H groups in total. The molecular formula is C20H19BrN2O. The highest BCUT2D eigenvalue weighted by molar-refractivity contribution is 9.10. The Morgan fingerprint density at radius 3 is 2.83 bits per heavy atom. The molecule has 1 atom stereocenters. The minimum Gasteiger partial charge on any atom is -0.361 e. The number of nitrogens with one attached hydrogen (secondary N) is 1. The van der Waals surface area contributed by atoms with Crippen LogP contribution in [0.5, 0.6) is 0 Å². The van der Waals surface area contributed by atoms with Gasteiger partial charge in [0.25, 0.3) is 0 Å². The fourth-order valence-electron chi connectivity index (χ4n) is 3.59. The Hall–Kier alpha value is -2.07. The Morgan fingerprint density at radius 1 is 1.17 bits per heavy atom. The van der Waals surface area contributed by atoms with Crippen LogP contribution in [0.4, 0.5) is 0 Å². The van der Waals surface area contributed by atoms with Crippen molar-refractivity contribution in [1.82, 2.24) is 9.88 Å². The van der Waals surface area contributed by atoms with Crippen LogP contribution in [0.2, 0.25) is 0 Å². The van der Waals surface area contributed by atoms with Gasteiger partial charge in [-0.2, -0.15) is 0 Å². The van der Waals surface area contributed by atoms with Crippen LogP contribution in [-0.4, -0.2) is 28.9 Å². The van der Waals surface area contributed by atoms with Gasteiger partial charge >= 0.3 is 0 Å². The van der Waals surface area contributed by atoms with Crippen molar-refractivity contribution >= 4 is 32.7 Å². The normalized spacial score (nSPS) is 17.5. The van der Waals surface area contributed by atoms with Crippen LogP contribution in [-0.2, 0) is 11.2 Å². The fraction of sp³-hybridized carbons (Fsp3) is 0.250. The molecule has 1 unspecified atom stereocenters. The zero-order chi connectivity index (χ0) is 16.5. The highest BCUT2D eigenvalue weighted by Gasteiger charge is 2.28. The van der Waals surface area contributed by atoms with E-state index in [1.54, 1.807) is 0 Å². The van der Waals surface area contributed by atoms with E-state index in [0.29, 0.717) is 12.3 Å². The van der Waals surface area contributed by atoms with E-state index in [2.05, 4.69) is 45.3 Å². The topological polar surface area (TPSA) is 36.1 Å². The van der Waals surface area contributed by atoms with Gasteiger partial charge in [-0.25, -0.2) is 0 Å². The Bertz CT molecular complexity index is 886. The van der Waals surface area contributed by atoms with Crippen LogP contribution in [0, 0.1) is 0 Å². The van der Waals surface area contributed by atoms with Crippen LogP contribution in [0.15, 0.2) is 59.2 Å². The summed E-state index contributed by atoms with van der Waals surface area (Å²) < 4.78 is 1.01. The number of fused-ring (bicyclic) bond motifs is 1. The monoisotopic (exact) mass is 382 g/mol. The van der Waals surface area contributed by atoms with Crippen molar-refractivity contribution in [2.45, 2.75) is 18.8 Å². The van der Waals surface area contributed by atoms with Gasteiger partial charge in [0.1, 0.15) is 0 Å². The highest BCUT2D eigenvalue weighted by Crippen LogP contribution is 2.32. The predicted molar refractivity (Wildman–Crippen MR) is 100 cm³/mol. The maximum Gasteiger partial charge on any atom is 0.227 e. The minimum absolute atomic E-state index is 0.212. The molecule has 2 aromatic carbocycles. The van der Waals surface area contributed by atoms with Gasteiger partial charge in [-0.1, -0.05) is 52.3 Å². The van der Waals surface area contributed by atoms with Crippen LogP contribution < -0.4 is 0 Å². The van der Waals surface area contributed by atoms with Gasteiger partial charge in [-0.05, 0) is 29.7 Å². The molecule has 4 rings (SSSR count). The largest absolute Gasteiger partial charge is 0.361 e. The van der Waals surface area contributed by atoms with Crippen molar-refractivity contribution in [2.75, 3.05) is 13.1 Å². The molecular weight excluding hydrogens is 364 g/mol. The average molecular weight is 383 g/mol. The molecule has 3 nitrogen and oxygen atoms in total. The number of hydrogen-bond donors (Lipinski definition) is 1. The molecule has 2 heterocycles. The van der Waals surface area contributed by atoms with Crippen molar-refractivity contribution in [2.24, 2.45) is 0 Å². The Morgan fingerprint density at radius 2 is 1.96 bits per heavy atom. The molecule has 122 valence electrons. The summed E-state index contributed by atoms with van der Waals surface area (Å²) in [5, 5.41) is 1.28. The van der Waals surface area contributed by atoms with Gasteiger partial charge in [0.05, 0.1) is 6.42 Å². The zero-order valence-corrected chi connectivity index (χ0v) is 14.9. The number of carbonyl (C=O) groups is 1. The number of benzene rings is 2. The molecule has 1 amide bonds. The maximum absolute atomic E-state index is 12.6. The lowest BCUT2D eigenvalue weighted by Crippen LogP contribution is -2.29. The lowest BCUT2D eigenvalue weighted by Gasteiger charge is -2.17. The number of amides is 1. The van der Waals surface area contributed by atoms with Gasteiger partial charge in [-0.3, -0.25) is 4.79 Å². The summed E-state index contributed by atoms with van der Waals surface area (Å²) in [7, 11) is 0. The quantitative estimate of drug-likeness (QED) is 0.711. The lowest BCUT2D eigenvalue weighted by molar-refractivity contribution is -0.129. The molecule has 3 aromatic rings. The number of para-hydroxylation sites is 1. The third kappa shape index (κ3) is 2.86. The first-order valence-corrected chi connectivity index (χ1v) is 9.09. The van der Waals surface area contributed by atoms with E-state index in [4.69, 9.17) is 0 Å². The van der Waals surface area contributed by atoms with E-state index >= 15 is 0 Å². The number of carbonyl (C=O) groups excluding carboxylic acids is 1. The molecule has 1 saturated heterocycles. The number of aromatic amines is 1. The molecule has 0 aliphatic carbocycles. The number of H-pyrrole nitrogens is 1. The summed E-state index contributed by atoms with van der Waals surface area (Å²) in [6, 6.07) is 16.3. The standard InChI is InChI=1S/C20H19BrN2O/c21-18-7-3-1-5-14(18)11-20(24)23-10-9-15(13-23)17-12-22-19-8-4-2-6-16(17)19/h1-8,12,15,22H,9-11,13H2. The molecule has 1 aliphatic rings. The van der Waals surface area contributed by atoms with Crippen LogP contribution in [0.25, 0.3) is 10.9 Å². The summed E-state index contributed by atoms with van der Waals surface area (Å²) in [5.74, 6) is 0.633. The van der Waals surface area contributed by atoms with Crippen LogP contribution in [0.3, 0.4) is 0 Å². The van der Waals surface area contributed by atoms with Crippen molar-refractivity contribution in [3.63, 3.8) is 0 Å². The average Bonchev–Trinajstić information content (AvgIpc) is 3.23. The van der Waals surface area contributed by atoms with E-state index in [1.165, 1.54) is 16.5 Å². The van der Waals surface area contributed by atoms with E-state index in [0.717, 1.165) is 29.5 Å². The SMILES string of the molecule is O=C(Cc1ccccc1Br)N1CCC(c2c[nH]c3ccccc23)C1. The number of rotatable bonds is 3. The first-order chi connectivity index (χ1) is 11.7. The summed E-state index contributed by atoms with van der Waals surface area (Å²) in [4.78, 5) is 18.0. The van der Waals surface area contributed by atoms with E-state index < -0.39 is 0 Å². The van der Waals surface area contributed by atoms with Gasteiger partial charge in [0, 0.05) is 40.6 Å². The molecule has 1 aliphatic heterocycles. The Labute approximate surface area is 149 Å². The minimum atomic E-state index is 0.212. The number of hydrogen-bond acceptors (Lipinski definition) is 1. The highest BCUT2D eigenvalue weighted by atomic mass is 79.9. The smallest absolute Gasteiger partial charge is 0.227 e. The zero-order valence-electron chi connectivity index (χ0n) is 13.3. The summed E-state index contributed by atoms with van der Waals surface area (Å²) in [5.41, 5.74) is 3.56.